The Bertz CT molecular complexity index is 844. The maximum Gasteiger partial charge on any atom is 0.253 e. The summed E-state index contributed by atoms with van der Waals surface area (Å²) < 4.78 is 0. The molecule has 1 fully saturated rings. The lowest BCUT2D eigenvalue weighted by atomic mass is 10.1. The highest BCUT2D eigenvalue weighted by Gasteiger charge is 2.17. The number of thiazole rings is 1. The molecule has 1 aromatic carbocycles. The van der Waals surface area contributed by atoms with Gasteiger partial charge < -0.3 is 15.5 Å². The maximum absolute atomic E-state index is 12.6. The SMILES string of the molecule is CCNC(=NCc1ccc(C(=O)N2CCCCC2)cc1)NCc1sc(C)nc1C.I. The van der Waals surface area contributed by atoms with Gasteiger partial charge >= 0.3 is 0 Å². The molecule has 1 aliphatic heterocycles. The Balaban J connectivity index is 0.00000320. The van der Waals surface area contributed by atoms with Gasteiger partial charge in [0.25, 0.3) is 5.91 Å². The number of carbonyl (C=O) groups excluding carboxylic acids is 1. The van der Waals surface area contributed by atoms with E-state index in [1.165, 1.54) is 11.3 Å². The molecule has 164 valence electrons. The molecule has 0 radical (unpaired) electrons. The zero-order chi connectivity index (χ0) is 20.6. The van der Waals surface area contributed by atoms with Crippen LogP contribution < -0.4 is 10.6 Å². The van der Waals surface area contributed by atoms with Crippen LogP contribution >= 0.6 is 35.3 Å². The highest BCUT2D eigenvalue weighted by molar-refractivity contribution is 14.0. The molecule has 8 heteroatoms. The van der Waals surface area contributed by atoms with Gasteiger partial charge in [0.1, 0.15) is 0 Å². The van der Waals surface area contributed by atoms with Crippen molar-refractivity contribution in [2.75, 3.05) is 19.6 Å². The topological polar surface area (TPSA) is 69.6 Å². The van der Waals surface area contributed by atoms with Crippen LogP contribution in [0.4, 0.5) is 0 Å². The van der Waals surface area contributed by atoms with E-state index in [0.29, 0.717) is 13.1 Å². The number of aliphatic imine (C=N–C) groups is 1. The van der Waals surface area contributed by atoms with Gasteiger partial charge in [0, 0.05) is 30.1 Å². The van der Waals surface area contributed by atoms with Crippen LogP contribution in [-0.4, -0.2) is 41.4 Å². The van der Waals surface area contributed by atoms with E-state index in [1.807, 2.05) is 43.0 Å². The third-order valence-electron chi connectivity index (χ3n) is 5.02. The summed E-state index contributed by atoms with van der Waals surface area (Å²) in [5, 5.41) is 7.75. The number of nitrogens with zero attached hydrogens (tertiary/aromatic N) is 3. The number of guanidine groups is 1. The Morgan fingerprint density at radius 3 is 2.43 bits per heavy atom. The monoisotopic (exact) mass is 541 g/mol. The van der Waals surface area contributed by atoms with Crippen LogP contribution in [0.2, 0.25) is 0 Å². The summed E-state index contributed by atoms with van der Waals surface area (Å²) in [5.74, 6) is 0.927. The maximum atomic E-state index is 12.6. The second-order valence-electron chi connectivity index (χ2n) is 7.34. The van der Waals surface area contributed by atoms with E-state index in [1.54, 1.807) is 11.3 Å². The molecule has 1 aromatic heterocycles. The average molecular weight is 542 g/mol. The predicted octanol–water partition coefficient (Wildman–Crippen LogP) is 4.26. The van der Waals surface area contributed by atoms with Crippen LogP contribution in [-0.2, 0) is 13.1 Å². The number of piperidine rings is 1. The lowest BCUT2D eigenvalue weighted by molar-refractivity contribution is 0.0724. The molecule has 0 atom stereocenters. The zero-order valence-electron chi connectivity index (χ0n) is 18.0. The Morgan fingerprint density at radius 1 is 1.13 bits per heavy atom. The first kappa shape index (κ1) is 24.6. The zero-order valence-corrected chi connectivity index (χ0v) is 21.2. The van der Waals surface area contributed by atoms with E-state index in [0.717, 1.165) is 60.3 Å². The van der Waals surface area contributed by atoms with E-state index >= 15 is 0 Å². The van der Waals surface area contributed by atoms with Crippen molar-refractivity contribution >= 4 is 47.2 Å². The summed E-state index contributed by atoms with van der Waals surface area (Å²) in [7, 11) is 0. The number of hydrogen-bond donors (Lipinski definition) is 2. The quantitative estimate of drug-likeness (QED) is 0.326. The largest absolute Gasteiger partial charge is 0.357 e. The third-order valence-corrected chi connectivity index (χ3v) is 6.10. The molecule has 2 heterocycles. The van der Waals surface area contributed by atoms with Gasteiger partial charge in [-0.05, 0) is 57.7 Å². The van der Waals surface area contributed by atoms with Gasteiger partial charge in [-0.1, -0.05) is 12.1 Å². The van der Waals surface area contributed by atoms with E-state index in [-0.39, 0.29) is 29.9 Å². The number of nitrogens with one attached hydrogen (secondary N) is 2. The predicted molar refractivity (Wildman–Crippen MR) is 135 cm³/mol. The third kappa shape index (κ3) is 6.94. The van der Waals surface area contributed by atoms with E-state index in [2.05, 4.69) is 27.5 Å². The second kappa shape index (κ2) is 12.2. The molecule has 1 aliphatic rings. The first-order valence-electron chi connectivity index (χ1n) is 10.4. The number of halogens is 1. The number of likely N-dealkylation sites (tertiary alicyclic amines) is 1. The molecule has 1 saturated heterocycles. The van der Waals surface area contributed by atoms with E-state index in [9.17, 15) is 4.79 Å². The summed E-state index contributed by atoms with van der Waals surface area (Å²) in [6.45, 7) is 9.96. The highest BCUT2D eigenvalue weighted by Crippen LogP contribution is 2.17. The Labute approximate surface area is 200 Å². The molecular weight excluding hydrogens is 509 g/mol. The van der Waals surface area contributed by atoms with Crippen molar-refractivity contribution in [3.05, 3.63) is 51.0 Å². The number of amides is 1. The lowest BCUT2D eigenvalue weighted by Crippen LogP contribution is -2.36. The van der Waals surface area contributed by atoms with Crippen molar-refractivity contribution in [1.82, 2.24) is 20.5 Å². The first-order chi connectivity index (χ1) is 14.1. The molecular formula is C22H32IN5OS. The Hall–Kier alpha value is -1.68. The molecule has 2 aromatic rings. The van der Waals surface area contributed by atoms with E-state index in [4.69, 9.17) is 0 Å². The van der Waals surface area contributed by atoms with Crippen LogP contribution in [0.1, 0.15) is 57.7 Å². The smallest absolute Gasteiger partial charge is 0.253 e. The minimum Gasteiger partial charge on any atom is -0.357 e. The molecule has 30 heavy (non-hydrogen) atoms. The second-order valence-corrected chi connectivity index (χ2v) is 8.63. The number of aromatic nitrogens is 1. The van der Waals surface area contributed by atoms with Gasteiger partial charge in [-0.15, -0.1) is 35.3 Å². The normalized spacial score (nSPS) is 14.2. The van der Waals surface area contributed by atoms with Crippen molar-refractivity contribution < 1.29 is 4.79 Å². The number of rotatable bonds is 6. The molecule has 0 aliphatic carbocycles. The van der Waals surface area contributed by atoms with Crippen molar-refractivity contribution in [3.63, 3.8) is 0 Å². The van der Waals surface area contributed by atoms with Gasteiger partial charge in [-0.2, -0.15) is 0 Å². The van der Waals surface area contributed by atoms with Crippen molar-refractivity contribution in [2.24, 2.45) is 4.99 Å². The van der Waals surface area contributed by atoms with Crippen molar-refractivity contribution in [3.8, 4) is 0 Å². The molecule has 3 rings (SSSR count). The van der Waals surface area contributed by atoms with Gasteiger partial charge in [-0.25, -0.2) is 9.98 Å². The number of aryl methyl sites for hydroxylation is 2. The fraction of sp³-hybridized carbons (Fsp3) is 0.500. The fourth-order valence-electron chi connectivity index (χ4n) is 3.45. The minimum absolute atomic E-state index is 0. The number of hydrogen-bond acceptors (Lipinski definition) is 4. The van der Waals surface area contributed by atoms with Crippen LogP contribution in [0, 0.1) is 13.8 Å². The van der Waals surface area contributed by atoms with Crippen LogP contribution in [0.5, 0.6) is 0 Å². The average Bonchev–Trinajstić information content (AvgIpc) is 3.07. The fourth-order valence-corrected chi connectivity index (χ4v) is 4.32. The summed E-state index contributed by atoms with van der Waals surface area (Å²) in [4.78, 5) is 24.9. The summed E-state index contributed by atoms with van der Waals surface area (Å²) >= 11 is 1.71. The molecule has 6 nitrogen and oxygen atoms in total. The van der Waals surface area contributed by atoms with Crippen molar-refractivity contribution in [1.29, 1.82) is 0 Å². The number of benzene rings is 1. The standard InChI is InChI=1S/C22H31N5OS.HI/c1-4-23-22(25-15-20-16(2)26-17(3)29-20)24-14-18-8-10-19(11-9-18)21(28)27-12-6-5-7-13-27;/h8-11H,4-7,12-15H2,1-3H3,(H2,23,24,25);1H. The molecule has 1 amide bonds. The number of carbonyl (C=O) groups is 1. The van der Waals surface area contributed by atoms with E-state index < -0.39 is 0 Å². The Morgan fingerprint density at radius 2 is 1.83 bits per heavy atom. The summed E-state index contributed by atoms with van der Waals surface area (Å²) in [6.07, 6.45) is 3.45. The van der Waals surface area contributed by atoms with Crippen LogP contribution in [0.3, 0.4) is 0 Å². The first-order valence-corrected chi connectivity index (χ1v) is 11.2. The summed E-state index contributed by atoms with van der Waals surface area (Å²) in [5.41, 5.74) is 2.92. The summed E-state index contributed by atoms with van der Waals surface area (Å²) in [6, 6.07) is 7.85. The molecule has 0 unspecified atom stereocenters. The van der Waals surface area contributed by atoms with Gasteiger partial charge in [0.15, 0.2) is 5.96 Å². The highest BCUT2D eigenvalue weighted by atomic mass is 127. The Kier molecular flexibility index (Phi) is 10.0. The van der Waals surface area contributed by atoms with Gasteiger partial charge in [-0.3, -0.25) is 4.79 Å². The van der Waals surface area contributed by atoms with Gasteiger partial charge in [0.2, 0.25) is 0 Å². The molecule has 2 N–H and O–H groups in total. The molecule has 0 bridgehead atoms. The van der Waals surface area contributed by atoms with Gasteiger partial charge in [0.05, 0.1) is 23.8 Å². The van der Waals surface area contributed by atoms with Crippen LogP contribution in [0.25, 0.3) is 0 Å². The van der Waals surface area contributed by atoms with Crippen molar-refractivity contribution in [2.45, 2.75) is 53.1 Å². The molecule has 0 spiro atoms. The van der Waals surface area contributed by atoms with Crippen LogP contribution in [0.15, 0.2) is 29.3 Å². The molecule has 0 saturated carbocycles. The lowest BCUT2D eigenvalue weighted by Gasteiger charge is -2.26. The minimum atomic E-state index is 0.